The van der Waals surface area contributed by atoms with Gasteiger partial charge in [-0.15, -0.1) is 0 Å². The zero-order valence-electron chi connectivity index (χ0n) is 12.1. The third-order valence-corrected chi connectivity index (χ3v) is 4.01. The Morgan fingerprint density at radius 3 is 2.62 bits per heavy atom. The molecule has 2 unspecified atom stereocenters. The Morgan fingerprint density at radius 2 is 2.10 bits per heavy atom. The Labute approximate surface area is 123 Å². The third-order valence-electron chi connectivity index (χ3n) is 4.01. The predicted octanol–water partition coefficient (Wildman–Crippen LogP) is 2.57. The first-order chi connectivity index (χ1) is 9.97. The maximum atomic E-state index is 13.9. The summed E-state index contributed by atoms with van der Waals surface area (Å²) >= 11 is 0. The van der Waals surface area contributed by atoms with Gasteiger partial charge in [0.25, 0.3) is 0 Å². The van der Waals surface area contributed by atoms with Crippen molar-refractivity contribution in [1.82, 2.24) is 4.90 Å². The average Bonchev–Trinajstić information content (AvgIpc) is 2.83. The van der Waals surface area contributed by atoms with Gasteiger partial charge >= 0.3 is 12.0 Å². The molecule has 2 rings (SSSR count). The van der Waals surface area contributed by atoms with Crippen LogP contribution in [0.15, 0.2) is 24.3 Å². The molecule has 6 heteroatoms. The lowest BCUT2D eigenvalue weighted by molar-refractivity contribution is -0.142. The van der Waals surface area contributed by atoms with Crippen molar-refractivity contribution in [2.45, 2.75) is 26.3 Å². The molecule has 1 aliphatic heterocycles. The lowest BCUT2D eigenvalue weighted by Gasteiger charge is -2.30. The number of hydrogen-bond acceptors (Lipinski definition) is 2. The second-order valence-electron chi connectivity index (χ2n) is 5.15. The van der Waals surface area contributed by atoms with Crippen molar-refractivity contribution >= 4 is 17.7 Å². The zero-order valence-corrected chi connectivity index (χ0v) is 12.1. The van der Waals surface area contributed by atoms with Crippen LogP contribution in [-0.4, -0.2) is 41.1 Å². The number of likely N-dealkylation sites (tertiary alicyclic amines) is 1. The van der Waals surface area contributed by atoms with Crippen LogP contribution in [0.3, 0.4) is 0 Å². The van der Waals surface area contributed by atoms with Crippen LogP contribution in [0.2, 0.25) is 0 Å². The monoisotopic (exact) mass is 294 g/mol. The van der Waals surface area contributed by atoms with E-state index < -0.39 is 23.7 Å². The van der Waals surface area contributed by atoms with Crippen molar-refractivity contribution in [3.8, 4) is 0 Å². The van der Waals surface area contributed by atoms with Crippen LogP contribution in [-0.2, 0) is 4.79 Å². The largest absolute Gasteiger partial charge is 0.481 e. The molecule has 0 spiro atoms. The Morgan fingerprint density at radius 1 is 1.43 bits per heavy atom. The van der Waals surface area contributed by atoms with E-state index in [2.05, 4.69) is 0 Å². The minimum atomic E-state index is -0.897. The second kappa shape index (κ2) is 6.11. The van der Waals surface area contributed by atoms with Gasteiger partial charge in [0.2, 0.25) is 0 Å². The lowest BCUT2D eigenvalue weighted by atomic mass is 10.0. The first kappa shape index (κ1) is 15.3. The highest BCUT2D eigenvalue weighted by Gasteiger charge is 2.39. The minimum Gasteiger partial charge on any atom is -0.481 e. The Balaban J connectivity index is 2.22. The van der Waals surface area contributed by atoms with Crippen molar-refractivity contribution in [3.63, 3.8) is 0 Å². The summed E-state index contributed by atoms with van der Waals surface area (Å²) in [7, 11) is 0. The molecule has 114 valence electrons. The molecule has 0 aliphatic carbocycles. The molecule has 0 saturated carbocycles. The van der Waals surface area contributed by atoms with Crippen molar-refractivity contribution in [3.05, 3.63) is 30.1 Å². The molecule has 0 aromatic heterocycles. The first-order valence-corrected chi connectivity index (χ1v) is 7.02. The Hall–Kier alpha value is -2.11. The number of aliphatic carboxylic acids is 1. The maximum absolute atomic E-state index is 13.9. The van der Waals surface area contributed by atoms with Crippen molar-refractivity contribution < 1.29 is 19.1 Å². The normalized spacial score (nSPS) is 21.4. The van der Waals surface area contributed by atoms with Crippen LogP contribution in [0.5, 0.6) is 0 Å². The standard InChI is InChI=1S/C15H19FN2O3/c1-3-17(13-7-5-4-6-12(13)16)15(21)18-9-8-11(10(18)2)14(19)20/h4-7,10-11H,3,8-9H2,1-2H3,(H,19,20). The van der Waals surface area contributed by atoms with Gasteiger partial charge in [0.15, 0.2) is 0 Å². The van der Waals surface area contributed by atoms with E-state index in [1.807, 2.05) is 0 Å². The van der Waals surface area contributed by atoms with Gasteiger partial charge in [0.1, 0.15) is 5.82 Å². The van der Waals surface area contributed by atoms with E-state index in [0.717, 1.165) is 0 Å². The number of hydrogen-bond donors (Lipinski definition) is 1. The summed E-state index contributed by atoms with van der Waals surface area (Å²) in [4.78, 5) is 26.6. The van der Waals surface area contributed by atoms with Crippen LogP contribution in [0.1, 0.15) is 20.3 Å². The van der Waals surface area contributed by atoms with Gasteiger partial charge in [0.05, 0.1) is 11.6 Å². The minimum absolute atomic E-state index is 0.218. The fourth-order valence-electron chi connectivity index (χ4n) is 2.77. The molecule has 2 atom stereocenters. The highest BCUT2D eigenvalue weighted by molar-refractivity contribution is 5.93. The molecule has 21 heavy (non-hydrogen) atoms. The van der Waals surface area contributed by atoms with Crippen LogP contribution >= 0.6 is 0 Å². The topological polar surface area (TPSA) is 60.9 Å². The van der Waals surface area contributed by atoms with Gasteiger partial charge in [-0.3, -0.25) is 9.69 Å². The molecule has 5 nitrogen and oxygen atoms in total. The van der Waals surface area contributed by atoms with E-state index in [9.17, 15) is 14.0 Å². The zero-order chi connectivity index (χ0) is 15.6. The summed E-state index contributed by atoms with van der Waals surface area (Å²) in [6.07, 6.45) is 0.428. The van der Waals surface area contributed by atoms with Gasteiger partial charge in [-0.2, -0.15) is 0 Å². The number of nitrogens with zero attached hydrogens (tertiary/aromatic N) is 2. The summed E-state index contributed by atoms with van der Waals surface area (Å²) in [6.45, 7) is 4.18. The number of carbonyl (C=O) groups is 2. The summed E-state index contributed by atoms with van der Waals surface area (Å²) in [5, 5.41) is 9.13. The number of para-hydroxylation sites is 1. The number of anilines is 1. The maximum Gasteiger partial charge on any atom is 0.324 e. The first-order valence-electron chi connectivity index (χ1n) is 7.02. The number of carboxylic acid groups (broad SMARTS) is 1. The second-order valence-corrected chi connectivity index (χ2v) is 5.15. The summed E-state index contributed by atoms with van der Waals surface area (Å²) in [5.74, 6) is -1.92. The van der Waals surface area contributed by atoms with Gasteiger partial charge in [-0.1, -0.05) is 12.1 Å². The van der Waals surface area contributed by atoms with E-state index in [-0.39, 0.29) is 11.7 Å². The molecule has 1 heterocycles. The van der Waals surface area contributed by atoms with E-state index in [1.165, 1.54) is 15.9 Å². The summed E-state index contributed by atoms with van der Waals surface area (Å²) in [5.41, 5.74) is 0.218. The van der Waals surface area contributed by atoms with E-state index in [4.69, 9.17) is 5.11 Å². The molecule has 1 N–H and O–H groups in total. The van der Waals surface area contributed by atoms with Crippen LogP contribution < -0.4 is 4.90 Å². The van der Waals surface area contributed by atoms with Crippen molar-refractivity contribution in [2.75, 3.05) is 18.0 Å². The van der Waals surface area contributed by atoms with Gasteiger partial charge in [0, 0.05) is 19.1 Å². The molecule has 1 aromatic rings. The number of halogens is 1. The number of benzene rings is 1. The number of urea groups is 1. The number of carboxylic acids is 1. The fraction of sp³-hybridized carbons (Fsp3) is 0.467. The number of carbonyl (C=O) groups excluding carboxylic acids is 1. The highest BCUT2D eigenvalue weighted by Crippen LogP contribution is 2.28. The van der Waals surface area contributed by atoms with Crippen LogP contribution in [0.25, 0.3) is 0 Å². The summed E-state index contributed by atoms with van der Waals surface area (Å²) < 4.78 is 13.9. The fourth-order valence-corrected chi connectivity index (χ4v) is 2.77. The Kier molecular flexibility index (Phi) is 4.45. The summed E-state index contributed by atoms with van der Waals surface area (Å²) in [6, 6.07) is 5.35. The van der Waals surface area contributed by atoms with Crippen molar-refractivity contribution in [2.24, 2.45) is 5.92 Å². The van der Waals surface area contributed by atoms with E-state index in [0.29, 0.717) is 19.5 Å². The van der Waals surface area contributed by atoms with Crippen LogP contribution in [0.4, 0.5) is 14.9 Å². The highest BCUT2D eigenvalue weighted by atomic mass is 19.1. The molecule has 2 amide bonds. The number of rotatable bonds is 3. The Bertz CT molecular complexity index is 549. The quantitative estimate of drug-likeness (QED) is 0.932. The van der Waals surface area contributed by atoms with E-state index >= 15 is 0 Å². The average molecular weight is 294 g/mol. The SMILES string of the molecule is CCN(C(=O)N1CCC(C(=O)O)C1C)c1ccccc1F. The van der Waals surface area contributed by atoms with Gasteiger partial charge in [-0.25, -0.2) is 9.18 Å². The van der Waals surface area contributed by atoms with Gasteiger partial charge in [-0.05, 0) is 32.4 Å². The third kappa shape index (κ3) is 2.84. The molecule has 1 fully saturated rings. The van der Waals surface area contributed by atoms with E-state index in [1.54, 1.807) is 32.0 Å². The molecular weight excluding hydrogens is 275 g/mol. The molecule has 0 bridgehead atoms. The number of amides is 2. The molecule has 1 aliphatic rings. The van der Waals surface area contributed by atoms with Crippen LogP contribution in [0, 0.1) is 11.7 Å². The molecule has 1 aromatic carbocycles. The lowest BCUT2D eigenvalue weighted by Crippen LogP contribution is -2.46. The van der Waals surface area contributed by atoms with Gasteiger partial charge < -0.3 is 10.0 Å². The van der Waals surface area contributed by atoms with Crippen molar-refractivity contribution in [1.29, 1.82) is 0 Å². The molecule has 1 saturated heterocycles. The molecular formula is C15H19FN2O3. The molecule has 0 radical (unpaired) electrons. The smallest absolute Gasteiger partial charge is 0.324 e. The predicted molar refractivity (Wildman–Crippen MR) is 76.7 cm³/mol.